The van der Waals surface area contributed by atoms with Gasteiger partial charge in [-0.1, -0.05) is 18.2 Å². The third-order valence-electron chi connectivity index (χ3n) is 2.46. The van der Waals surface area contributed by atoms with Crippen LogP contribution in [0.2, 0.25) is 0 Å². The standard InChI is InChI=1S/C12H15NO4/c1-13(10-5-3-2-4-6-10)8-9(12(16)17)7-11(14)15/h2-6,9H,7-8H2,1H3,(H,14,15)(H,16,17). The Morgan fingerprint density at radius 2 is 1.82 bits per heavy atom. The number of hydrogen-bond acceptors (Lipinski definition) is 3. The summed E-state index contributed by atoms with van der Waals surface area (Å²) in [6, 6.07) is 9.25. The van der Waals surface area contributed by atoms with E-state index in [0.29, 0.717) is 0 Å². The monoisotopic (exact) mass is 237 g/mol. The molecule has 1 unspecified atom stereocenters. The summed E-state index contributed by atoms with van der Waals surface area (Å²) in [5.41, 5.74) is 0.865. The molecule has 0 aliphatic carbocycles. The normalized spacial score (nSPS) is 11.8. The summed E-state index contributed by atoms with van der Waals surface area (Å²) in [5, 5.41) is 17.6. The van der Waals surface area contributed by atoms with Gasteiger partial charge < -0.3 is 15.1 Å². The molecule has 0 aromatic heterocycles. The fraction of sp³-hybridized carbons (Fsp3) is 0.333. The number of rotatable bonds is 6. The molecule has 0 aliphatic heterocycles. The number of hydrogen-bond donors (Lipinski definition) is 2. The van der Waals surface area contributed by atoms with Crippen LogP contribution in [0.15, 0.2) is 30.3 Å². The molecule has 0 fully saturated rings. The fourth-order valence-corrected chi connectivity index (χ4v) is 1.56. The minimum atomic E-state index is -1.10. The number of carboxylic acids is 2. The Hall–Kier alpha value is -2.04. The highest BCUT2D eigenvalue weighted by Gasteiger charge is 2.22. The van der Waals surface area contributed by atoms with Gasteiger partial charge >= 0.3 is 11.9 Å². The lowest BCUT2D eigenvalue weighted by molar-refractivity contribution is -0.147. The van der Waals surface area contributed by atoms with Crippen LogP contribution in [0.25, 0.3) is 0 Å². The Morgan fingerprint density at radius 1 is 1.24 bits per heavy atom. The summed E-state index contributed by atoms with van der Waals surface area (Å²) in [5.74, 6) is -3.09. The lowest BCUT2D eigenvalue weighted by Gasteiger charge is -2.22. The quantitative estimate of drug-likeness (QED) is 0.779. The van der Waals surface area contributed by atoms with E-state index in [1.807, 2.05) is 30.3 Å². The van der Waals surface area contributed by atoms with E-state index < -0.39 is 17.9 Å². The molecule has 5 heteroatoms. The maximum atomic E-state index is 10.9. The van der Waals surface area contributed by atoms with Crippen LogP contribution in [0.5, 0.6) is 0 Å². The second-order valence-corrected chi connectivity index (χ2v) is 3.85. The van der Waals surface area contributed by atoms with Crippen LogP contribution >= 0.6 is 0 Å². The first-order chi connectivity index (χ1) is 8.00. The zero-order chi connectivity index (χ0) is 12.8. The number of aliphatic carboxylic acids is 2. The zero-order valence-corrected chi connectivity index (χ0v) is 9.54. The van der Waals surface area contributed by atoms with Crippen LogP contribution in [0.1, 0.15) is 6.42 Å². The van der Waals surface area contributed by atoms with Gasteiger partial charge in [-0.05, 0) is 12.1 Å². The Bertz CT molecular complexity index is 391. The zero-order valence-electron chi connectivity index (χ0n) is 9.54. The molecular formula is C12H15NO4. The number of benzene rings is 1. The maximum absolute atomic E-state index is 10.9. The molecule has 1 rings (SSSR count). The van der Waals surface area contributed by atoms with Crippen molar-refractivity contribution < 1.29 is 19.8 Å². The second kappa shape index (κ2) is 5.89. The van der Waals surface area contributed by atoms with Gasteiger partial charge in [-0.3, -0.25) is 9.59 Å². The number of para-hydroxylation sites is 1. The van der Waals surface area contributed by atoms with Gasteiger partial charge in [0.25, 0.3) is 0 Å². The first-order valence-corrected chi connectivity index (χ1v) is 5.21. The molecule has 0 aliphatic rings. The van der Waals surface area contributed by atoms with Crippen molar-refractivity contribution in [3.63, 3.8) is 0 Å². The Kier molecular flexibility index (Phi) is 4.51. The van der Waals surface area contributed by atoms with Gasteiger partial charge in [0.2, 0.25) is 0 Å². The summed E-state index contributed by atoms with van der Waals surface area (Å²) in [6.07, 6.45) is -0.369. The molecule has 17 heavy (non-hydrogen) atoms. The lowest BCUT2D eigenvalue weighted by atomic mass is 10.1. The number of anilines is 1. The van der Waals surface area contributed by atoms with Crippen molar-refractivity contribution >= 4 is 17.6 Å². The van der Waals surface area contributed by atoms with Gasteiger partial charge in [-0.2, -0.15) is 0 Å². The molecule has 2 N–H and O–H groups in total. The molecule has 0 bridgehead atoms. The van der Waals surface area contributed by atoms with Crippen molar-refractivity contribution in [3.8, 4) is 0 Å². The summed E-state index contributed by atoms with van der Waals surface area (Å²) in [6.45, 7) is 0.172. The number of nitrogens with zero attached hydrogens (tertiary/aromatic N) is 1. The highest BCUT2D eigenvalue weighted by Crippen LogP contribution is 2.14. The van der Waals surface area contributed by atoms with Gasteiger partial charge in [-0.15, -0.1) is 0 Å². The third-order valence-corrected chi connectivity index (χ3v) is 2.46. The molecule has 5 nitrogen and oxygen atoms in total. The topological polar surface area (TPSA) is 77.8 Å². The lowest BCUT2D eigenvalue weighted by Crippen LogP contribution is -2.31. The molecule has 0 spiro atoms. The van der Waals surface area contributed by atoms with Crippen molar-refractivity contribution in [3.05, 3.63) is 30.3 Å². The minimum Gasteiger partial charge on any atom is -0.481 e. The molecular weight excluding hydrogens is 222 g/mol. The van der Waals surface area contributed by atoms with E-state index in [2.05, 4.69) is 0 Å². The van der Waals surface area contributed by atoms with E-state index in [1.165, 1.54) is 0 Å². The van der Waals surface area contributed by atoms with Crippen molar-refractivity contribution in [1.29, 1.82) is 0 Å². The molecule has 1 aromatic rings. The predicted octanol–water partition coefficient (Wildman–Crippen LogP) is 1.30. The third kappa shape index (κ3) is 4.14. The predicted molar refractivity (Wildman–Crippen MR) is 63.1 cm³/mol. The Balaban J connectivity index is 2.67. The highest BCUT2D eigenvalue weighted by atomic mass is 16.4. The van der Waals surface area contributed by atoms with Gasteiger partial charge in [0.1, 0.15) is 0 Å². The van der Waals surface area contributed by atoms with E-state index in [-0.39, 0.29) is 13.0 Å². The summed E-state index contributed by atoms with van der Waals surface area (Å²) < 4.78 is 0. The molecule has 92 valence electrons. The van der Waals surface area contributed by atoms with E-state index in [0.717, 1.165) is 5.69 Å². The largest absolute Gasteiger partial charge is 0.481 e. The first-order valence-electron chi connectivity index (χ1n) is 5.21. The molecule has 0 amide bonds. The smallest absolute Gasteiger partial charge is 0.308 e. The van der Waals surface area contributed by atoms with Gasteiger partial charge in [-0.25, -0.2) is 0 Å². The average molecular weight is 237 g/mol. The van der Waals surface area contributed by atoms with Crippen LogP contribution in [0, 0.1) is 5.92 Å². The average Bonchev–Trinajstić information content (AvgIpc) is 2.28. The van der Waals surface area contributed by atoms with Crippen molar-refractivity contribution in [1.82, 2.24) is 0 Å². The molecule has 1 aromatic carbocycles. The van der Waals surface area contributed by atoms with Crippen LogP contribution in [-0.4, -0.2) is 35.7 Å². The first kappa shape index (κ1) is 13.0. The van der Waals surface area contributed by atoms with Gasteiger partial charge in [0.15, 0.2) is 0 Å². The van der Waals surface area contributed by atoms with Gasteiger partial charge in [0, 0.05) is 19.3 Å². The number of carbonyl (C=O) groups is 2. The Morgan fingerprint density at radius 3 is 2.29 bits per heavy atom. The summed E-state index contributed by atoms with van der Waals surface area (Å²) in [4.78, 5) is 23.2. The van der Waals surface area contributed by atoms with Crippen LogP contribution in [-0.2, 0) is 9.59 Å². The van der Waals surface area contributed by atoms with Crippen LogP contribution in [0.3, 0.4) is 0 Å². The highest BCUT2D eigenvalue weighted by molar-refractivity contribution is 5.78. The van der Waals surface area contributed by atoms with Crippen molar-refractivity contribution in [2.24, 2.45) is 5.92 Å². The van der Waals surface area contributed by atoms with Gasteiger partial charge in [0.05, 0.1) is 12.3 Å². The molecule has 0 saturated carbocycles. The van der Waals surface area contributed by atoms with E-state index in [4.69, 9.17) is 10.2 Å². The van der Waals surface area contributed by atoms with E-state index in [9.17, 15) is 9.59 Å². The SMILES string of the molecule is CN(CC(CC(=O)O)C(=O)O)c1ccccc1. The van der Waals surface area contributed by atoms with E-state index >= 15 is 0 Å². The second-order valence-electron chi connectivity index (χ2n) is 3.85. The maximum Gasteiger partial charge on any atom is 0.308 e. The fourth-order valence-electron chi connectivity index (χ4n) is 1.56. The number of carboxylic acid groups (broad SMARTS) is 2. The van der Waals surface area contributed by atoms with Crippen molar-refractivity contribution in [2.75, 3.05) is 18.5 Å². The molecule has 0 heterocycles. The van der Waals surface area contributed by atoms with Crippen LogP contribution < -0.4 is 4.90 Å². The summed E-state index contributed by atoms with van der Waals surface area (Å²) >= 11 is 0. The van der Waals surface area contributed by atoms with E-state index in [1.54, 1.807) is 11.9 Å². The van der Waals surface area contributed by atoms with Crippen LogP contribution in [0.4, 0.5) is 5.69 Å². The molecule has 0 saturated heterocycles. The Labute approximate surface area is 99.3 Å². The molecule has 1 atom stereocenters. The van der Waals surface area contributed by atoms with Crippen molar-refractivity contribution in [2.45, 2.75) is 6.42 Å². The summed E-state index contributed by atoms with van der Waals surface area (Å²) in [7, 11) is 1.74. The molecule has 0 radical (unpaired) electrons. The minimum absolute atomic E-state index is 0.172.